The Morgan fingerprint density at radius 3 is 2.77 bits per heavy atom. The lowest BCUT2D eigenvalue weighted by atomic mass is 9.91. The first-order valence-electron chi connectivity index (χ1n) is 8.26. The fraction of sp³-hybridized carbons (Fsp3) is 0.706. The lowest BCUT2D eigenvalue weighted by Gasteiger charge is -2.33. The molecular formula is C17H25NO4. The summed E-state index contributed by atoms with van der Waals surface area (Å²) in [5.74, 6) is 1.51. The number of nitrogens with zero attached hydrogens (tertiary/aromatic N) is 1. The maximum Gasteiger partial charge on any atom is 0.333 e. The van der Waals surface area contributed by atoms with Crippen molar-refractivity contribution < 1.29 is 19.1 Å². The van der Waals surface area contributed by atoms with Crippen molar-refractivity contribution in [1.29, 1.82) is 0 Å². The van der Waals surface area contributed by atoms with Crippen LogP contribution >= 0.6 is 0 Å². The molecule has 1 N–H and O–H groups in total. The molecule has 0 saturated carbocycles. The van der Waals surface area contributed by atoms with Gasteiger partial charge in [-0.3, -0.25) is 4.90 Å². The van der Waals surface area contributed by atoms with Crippen molar-refractivity contribution in [2.45, 2.75) is 51.2 Å². The number of aliphatic carboxylic acids is 1. The van der Waals surface area contributed by atoms with Crippen molar-refractivity contribution in [2.75, 3.05) is 20.2 Å². The number of fused-ring (bicyclic) bond motifs is 1. The molecule has 2 heterocycles. The monoisotopic (exact) mass is 307 g/mol. The van der Waals surface area contributed by atoms with Crippen molar-refractivity contribution in [3.05, 3.63) is 23.2 Å². The van der Waals surface area contributed by atoms with E-state index in [4.69, 9.17) is 14.3 Å². The highest BCUT2D eigenvalue weighted by atomic mass is 16.5. The summed E-state index contributed by atoms with van der Waals surface area (Å²) in [5.41, 5.74) is 1.39. The smallest absolute Gasteiger partial charge is 0.333 e. The molecule has 0 aromatic carbocycles. The van der Waals surface area contributed by atoms with Crippen LogP contribution in [0.1, 0.15) is 42.8 Å². The summed E-state index contributed by atoms with van der Waals surface area (Å²) in [4.78, 5) is 13.5. The number of methoxy groups -OCH3 is 1. The van der Waals surface area contributed by atoms with E-state index < -0.39 is 12.1 Å². The van der Waals surface area contributed by atoms with Gasteiger partial charge < -0.3 is 14.3 Å². The van der Waals surface area contributed by atoms with Crippen LogP contribution in [0.4, 0.5) is 0 Å². The van der Waals surface area contributed by atoms with Gasteiger partial charge in [0, 0.05) is 13.5 Å². The molecule has 1 atom stereocenters. The minimum absolute atomic E-state index is 0.114. The van der Waals surface area contributed by atoms with Crippen LogP contribution in [0.25, 0.3) is 0 Å². The quantitative estimate of drug-likeness (QED) is 0.905. The van der Waals surface area contributed by atoms with Crippen LogP contribution in [0.5, 0.6) is 0 Å². The number of piperidine rings is 1. The summed E-state index contributed by atoms with van der Waals surface area (Å²) >= 11 is 0. The van der Waals surface area contributed by atoms with E-state index in [0.29, 0.717) is 0 Å². The molecule has 122 valence electrons. The van der Waals surface area contributed by atoms with E-state index in [2.05, 4.69) is 11.0 Å². The number of ether oxygens (including phenoxy) is 1. The third kappa shape index (κ3) is 3.36. The van der Waals surface area contributed by atoms with Gasteiger partial charge in [-0.05, 0) is 62.7 Å². The number of likely N-dealkylation sites (tertiary alicyclic amines) is 1. The summed E-state index contributed by atoms with van der Waals surface area (Å²) in [6.45, 7) is 2.65. The number of furan rings is 1. The highest BCUT2D eigenvalue weighted by Crippen LogP contribution is 2.27. The average Bonchev–Trinajstić information content (AvgIpc) is 2.91. The van der Waals surface area contributed by atoms with E-state index in [0.717, 1.165) is 51.1 Å². The van der Waals surface area contributed by atoms with Gasteiger partial charge in [-0.2, -0.15) is 0 Å². The number of hydrogen-bond donors (Lipinski definition) is 1. The van der Waals surface area contributed by atoms with Gasteiger partial charge in [-0.1, -0.05) is 0 Å². The maximum atomic E-state index is 11.2. The van der Waals surface area contributed by atoms with Gasteiger partial charge in [0.05, 0.1) is 6.54 Å². The zero-order chi connectivity index (χ0) is 15.5. The predicted octanol–water partition coefficient (Wildman–Crippen LogP) is 2.47. The van der Waals surface area contributed by atoms with Crippen LogP contribution in [-0.4, -0.2) is 42.3 Å². The zero-order valence-corrected chi connectivity index (χ0v) is 13.2. The predicted molar refractivity (Wildman–Crippen MR) is 81.8 cm³/mol. The number of aryl methyl sites for hydroxylation is 2. The number of hydrogen-bond acceptors (Lipinski definition) is 4. The second-order valence-corrected chi connectivity index (χ2v) is 6.48. The first-order valence-corrected chi connectivity index (χ1v) is 8.26. The molecule has 1 fully saturated rings. The second-order valence-electron chi connectivity index (χ2n) is 6.48. The fourth-order valence-corrected chi connectivity index (χ4v) is 3.76. The van der Waals surface area contributed by atoms with E-state index >= 15 is 0 Å². The summed E-state index contributed by atoms with van der Waals surface area (Å²) in [6.07, 6.45) is 5.79. The number of carboxylic acid groups (broad SMARTS) is 1. The third-order valence-electron chi connectivity index (χ3n) is 4.98. The molecule has 5 nitrogen and oxygen atoms in total. The van der Waals surface area contributed by atoms with E-state index in [-0.39, 0.29) is 5.92 Å². The Hall–Kier alpha value is -1.33. The van der Waals surface area contributed by atoms with E-state index in [1.807, 2.05) is 0 Å². The molecule has 5 heteroatoms. The fourth-order valence-electron chi connectivity index (χ4n) is 3.76. The summed E-state index contributed by atoms with van der Waals surface area (Å²) in [6, 6.07) is 2.22. The second kappa shape index (κ2) is 6.84. The molecule has 1 aromatic rings. The van der Waals surface area contributed by atoms with Gasteiger partial charge >= 0.3 is 5.97 Å². The molecule has 22 heavy (non-hydrogen) atoms. The Morgan fingerprint density at radius 1 is 1.41 bits per heavy atom. The highest BCUT2D eigenvalue weighted by molar-refractivity contribution is 5.72. The Labute approximate surface area is 131 Å². The van der Waals surface area contributed by atoms with Gasteiger partial charge in [0.2, 0.25) is 0 Å². The van der Waals surface area contributed by atoms with Gasteiger partial charge in [-0.25, -0.2) is 4.79 Å². The van der Waals surface area contributed by atoms with Crippen molar-refractivity contribution in [2.24, 2.45) is 5.92 Å². The first-order chi connectivity index (χ1) is 10.7. The van der Waals surface area contributed by atoms with E-state index in [1.165, 1.54) is 31.3 Å². The average molecular weight is 307 g/mol. The molecule has 3 rings (SSSR count). The first kappa shape index (κ1) is 15.6. The Morgan fingerprint density at radius 2 is 2.14 bits per heavy atom. The van der Waals surface area contributed by atoms with E-state index in [1.54, 1.807) is 0 Å². The van der Waals surface area contributed by atoms with Crippen LogP contribution in [0.2, 0.25) is 0 Å². The SMILES string of the molecule is COC(C(=O)O)C1CCN(Cc2cc3c(o2)CCCC3)CC1. The molecule has 1 aliphatic heterocycles. The number of carbonyl (C=O) groups is 1. The Kier molecular flexibility index (Phi) is 4.84. The lowest BCUT2D eigenvalue weighted by Crippen LogP contribution is -2.41. The van der Waals surface area contributed by atoms with Gasteiger partial charge in [0.25, 0.3) is 0 Å². The van der Waals surface area contributed by atoms with Gasteiger partial charge in [-0.15, -0.1) is 0 Å². The molecule has 0 spiro atoms. The summed E-state index contributed by atoms with van der Waals surface area (Å²) in [5, 5.41) is 9.17. The molecule has 0 radical (unpaired) electrons. The van der Waals surface area contributed by atoms with Gasteiger partial charge in [0.1, 0.15) is 11.5 Å². The molecule has 1 aromatic heterocycles. The minimum Gasteiger partial charge on any atom is -0.479 e. The van der Waals surface area contributed by atoms with Crippen LogP contribution in [0, 0.1) is 5.92 Å². The van der Waals surface area contributed by atoms with Crippen LogP contribution in [0.15, 0.2) is 10.5 Å². The standard InChI is InChI=1S/C17H25NO4/c1-21-16(17(19)20)12-6-8-18(9-7-12)11-14-10-13-4-2-3-5-15(13)22-14/h10,12,16H,2-9,11H2,1H3,(H,19,20). The Balaban J connectivity index is 1.53. The maximum absolute atomic E-state index is 11.2. The molecule has 0 amide bonds. The van der Waals surface area contributed by atoms with Crippen molar-refractivity contribution in [1.82, 2.24) is 4.90 Å². The minimum atomic E-state index is -0.848. The molecule has 1 aliphatic carbocycles. The van der Waals surface area contributed by atoms with Crippen LogP contribution in [0.3, 0.4) is 0 Å². The largest absolute Gasteiger partial charge is 0.479 e. The van der Waals surface area contributed by atoms with E-state index in [9.17, 15) is 4.79 Å². The number of carboxylic acids is 1. The molecule has 1 saturated heterocycles. The van der Waals surface area contributed by atoms with Gasteiger partial charge in [0.15, 0.2) is 6.10 Å². The molecule has 1 unspecified atom stereocenters. The highest BCUT2D eigenvalue weighted by Gasteiger charge is 2.31. The molecule has 0 bridgehead atoms. The third-order valence-corrected chi connectivity index (χ3v) is 4.98. The van der Waals surface area contributed by atoms with Crippen LogP contribution in [-0.2, 0) is 28.9 Å². The summed E-state index contributed by atoms with van der Waals surface area (Å²) in [7, 11) is 1.48. The molecule has 2 aliphatic rings. The van der Waals surface area contributed by atoms with Crippen molar-refractivity contribution in [3.63, 3.8) is 0 Å². The lowest BCUT2D eigenvalue weighted by molar-refractivity contribution is -0.153. The molecular weight excluding hydrogens is 282 g/mol. The topological polar surface area (TPSA) is 62.9 Å². The normalized spacial score (nSPS) is 21.5. The van der Waals surface area contributed by atoms with Crippen molar-refractivity contribution >= 4 is 5.97 Å². The van der Waals surface area contributed by atoms with Crippen molar-refractivity contribution in [3.8, 4) is 0 Å². The Bertz CT molecular complexity index is 493. The summed E-state index contributed by atoms with van der Waals surface area (Å²) < 4.78 is 11.1. The zero-order valence-electron chi connectivity index (χ0n) is 13.2. The number of rotatable bonds is 5. The van der Waals surface area contributed by atoms with Crippen LogP contribution < -0.4 is 0 Å².